The van der Waals surface area contributed by atoms with E-state index in [0.29, 0.717) is 12.1 Å². The quantitative estimate of drug-likeness (QED) is 0.915. The smallest absolute Gasteiger partial charge is 0.254 e. The van der Waals surface area contributed by atoms with E-state index in [1.54, 1.807) is 4.90 Å². The van der Waals surface area contributed by atoms with Crippen molar-refractivity contribution in [2.24, 2.45) is 0 Å². The molecule has 0 aliphatic carbocycles. The summed E-state index contributed by atoms with van der Waals surface area (Å²) in [6.45, 7) is 4.59. The Morgan fingerprint density at radius 2 is 2.05 bits per heavy atom. The van der Waals surface area contributed by atoms with Crippen LogP contribution in [0.4, 0.5) is 0 Å². The summed E-state index contributed by atoms with van der Waals surface area (Å²) in [7, 11) is -1.91. The maximum absolute atomic E-state index is 12.6. The van der Waals surface area contributed by atoms with E-state index in [1.165, 1.54) is 7.05 Å². The van der Waals surface area contributed by atoms with Crippen LogP contribution in [0, 0.1) is 13.8 Å². The number of benzene rings is 1. The van der Waals surface area contributed by atoms with E-state index >= 15 is 0 Å². The first kappa shape index (κ1) is 16.0. The molecule has 1 amide bonds. The summed E-state index contributed by atoms with van der Waals surface area (Å²) < 4.78 is 25.7. The van der Waals surface area contributed by atoms with Crippen LogP contribution >= 0.6 is 0 Å². The molecule has 1 unspecified atom stereocenters. The molecule has 21 heavy (non-hydrogen) atoms. The lowest BCUT2D eigenvalue weighted by atomic mass is 10.1. The summed E-state index contributed by atoms with van der Waals surface area (Å²) in [5.74, 6) is -0.105. The molecule has 0 spiro atoms. The Hall–Kier alpha value is -1.40. The Morgan fingerprint density at radius 3 is 2.67 bits per heavy atom. The molecule has 1 aliphatic heterocycles. The lowest BCUT2D eigenvalue weighted by Gasteiger charge is -2.24. The van der Waals surface area contributed by atoms with Crippen molar-refractivity contribution in [2.75, 3.05) is 19.3 Å². The van der Waals surface area contributed by atoms with E-state index in [9.17, 15) is 13.2 Å². The molecule has 0 saturated carbocycles. The van der Waals surface area contributed by atoms with E-state index in [0.717, 1.165) is 24.0 Å². The third-order valence-corrected chi connectivity index (χ3v) is 5.56. The molecule has 0 aromatic heterocycles. The molecule has 1 fully saturated rings. The summed E-state index contributed by atoms with van der Waals surface area (Å²) in [5.41, 5.74) is 2.84. The molecule has 0 bridgehead atoms. The minimum atomic E-state index is -3.31. The fourth-order valence-electron chi connectivity index (χ4n) is 2.65. The average molecular weight is 310 g/mol. The van der Waals surface area contributed by atoms with Crippen LogP contribution in [0.2, 0.25) is 0 Å². The largest absolute Gasteiger partial charge is 0.335 e. The Bertz CT molecular complexity index is 640. The van der Waals surface area contributed by atoms with Gasteiger partial charge in [-0.3, -0.25) is 4.79 Å². The first-order valence-corrected chi connectivity index (χ1v) is 8.79. The Kier molecular flexibility index (Phi) is 4.68. The molecule has 1 aliphatic rings. The molecule has 0 radical (unpaired) electrons. The van der Waals surface area contributed by atoms with Gasteiger partial charge >= 0.3 is 0 Å². The lowest BCUT2D eigenvalue weighted by Crippen LogP contribution is -2.41. The molecule has 1 N–H and O–H groups in total. The fraction of sp³-hybridized carbons (Fsp3) is 0.533. The van der Waals surface area contributed by atoms with Gasteiger partial charge in [0.1, 0.15) is 0 Å². The zero-order valence-electron chi connectivity index (χ0n) is 12.7. The van der Waals surface area contributed by atoms with E-state index < -0.39 is 10.0 Å². The van der Waals surface area contributed by atoms with Crippen LogP contribution < -0.4 is 4.72 Å². The van der Waals surface area contributed by atoms with Crippen LogP contribution in [0.25, 0.3) is 0 Å². The number of hydrogen-bond acceptors (Lipinski definition) is 3. The molecule has 6 heteroatoms. The number of hydrogen-bond donors (Lipinski definition) is 1. The average Bonchev–Trinajstić information content (AvgIpc) is 2.88. The van der Waals surface area contributed by atoms with Gasteiger partial charge in [-0.05, 0) is 57.0 Å². The van der Waals surface area contributed by atoms with Crippen molar-refractivity contribution < 1.29 is 13.2 Å². The number of amides is 1. The van der Waals surface area contributed by atoms with Crippen molar-refractivity contribution in [1.82, 2.24) is 9.62 Å². The van der Waals surface area contributed by atoms with Crippen LogP contribution in [0.3, 0.4) is 0 Å². The van der Waals surface area contributed by atoms with Gasteiger partial charge in [0.2, 0.25) is 10.0 Å². The van der Waals surface area contributed by atoms with Crippen LogP contribution in [0.5, 0.6) is 0 Å². The highest BCUT2D eigenvalue weighted by molar-refractivity contribution is 7.89. The van der Waals surface area contributed by atoms with Gasteiger partial charge in [-0.25, -0.2) is 13.1 Å². The van der Waals surface area contributed by atoms with E-state index in [2.05, 4.69) is 4.72 Å². The van der Waals surface area contributed by atoms with E-state index in [1.807, 2.05) is 32.0 Å². The van der Waals surface area contributed by atoms with Gasteiger partial charge in [-0.15, -0.1) is 0 Å². The molecular formula is C15H22N2O3S. The molecule has 116 valence electrons. The molecule has 1 saturated heterocycles. The summed E-state index contributed by atoms with van der Waals surface area (Å²) >= 11 is 0. The molecule has 1 heterocycles. The second-order valence-corrected chi connectivity index (χ2v) is 7.55. The monoisotopic (exact) mass is 310 g/mol. The summed E-state index contributed by atoms with van der Waals surface area (Å²) in [6, 6.07) is 5.38. The minimum absolute atomic E-state index is 0.0277. The zero-order chi connectivity index (χ0) is 15.6. The third-order valence-electron chi connectivity index (χ3n) is 4.11. The number of aryl methyl sites for hydroxylation is 2. The standard InChI is InChI=1S/C15H22N2O3S/c1-11-6-7-13(9-12(11)2)15(18)17-8-4-5-14(17)10-21(19,20)16-3/h6-7,9,14,16H,4-5,8,10H2,1-3H3. The van der Waals surface area contributed by atoms with Gasteiger partial charge < -0.3 is 4.90 Å². The number of likely N-dealkylation sites (tertiary alicyclic amines) is 1. The predicted molar refractivity (Wildman–Crippen MR) is 82.8 cm³/mol. The Balaban J connectivity index is 2.19. The molecular weight excluding hydrogens is 288 g/mol. The Labute approximate surface area is 126 Å². The van der Waals surface area contributed by atoms with Crippen LogP contribution in [0.15, 0.2) is 18.2 Å². The maximum atomic E-state index is 12.6. The van der Waals surface area contributed by atoms with Crippen molar-refractivity contribution in [1.29, 1.82) is 0 Å². The highest BCUT2D eigenvalue weighted by Gasteiger charge is 2.32. The third kappa shape index (κ3) is 3.63. The zero-order valence-corrected chi connectivity index (χ0v) is 13.5. The van der Waals surface area contributed by atoms with Crippen molar-refractivity contribution in [3.63, 3.8) is 0 Å². The molecule has 1 aromatic carbocycles. The van der Waals surface area contributed by atoms with Crippen molar-refractivity contribution in [3.8, 4) is 0 Å². The van der Waals surface area contributed by atoms with Gasteiger partial charge in [0.15, 0.2) is 0 Å². The first-order valence-electron chi connectivity index (χ1n) is 7.13. The molecule has 5 nitrogen and oxygen atoms in total. The topological polar surface area (TPSA) is 66.5 Å². The van der Waals surface area contributed by atoms with Gasteiger partial charge in [0.05, 0.1) is 5.75 Å². The highest BCUT2D eigenvalue weighted by Crippen LogP contribution is 2.22. The normalized spacial score (nSPS) is 19.0. The number of rotatable bonds is 4. The van der Waals surface area contributed by atoms with Crippen LogP contribution in [-0.4, -0.2) is 44.6 Å². The predicted octanol–water partition coefficient (Wildman–Crippen LogP) is 1.46. The van der Waals surface area contributed by atoms with Gasteiger partial charge in [-0.1, -0.05) is 6.07 Å². The number of nitrogens with zero attached hydrogens (tertiary/aromatic N) is 1. The summed E-state index contributed by atoms with van der Waals surface area (Å²) in [4.78, 5) is 14.3. The highest BCUT2D eigenvalue weighted by atomic mass is 32.2. The molecule has 2 rings (SSSR count). The van der Waals surface area contributed by atoms with E-state index in [-0.39, 0.29) is 17.7 Å². The molecule has 1 aromatic rings. The summed E-state index contributed by atoms with van der Waals surface area (Å²) in [6.07, 6.45) is 1.58. The van der Waals surface area contributed by atoms with Crippen molar-refractivity contribution in [2.45, 2.75) is 32.7 Å². The fourth-order valence-corrected chi connectivity index (χ4v) is 3.67. The molecule has 1 atom stereocenters. The first-order chi connectivity index (χ1) is 9.84. The minimum Gasteiger partial charge on any atom is -0.335 e. The Morgan fingerprint density at radius 1 is 1.33 bits per heavy atom. The van der Waals surface area contributed by atoms with Crippen molar-refractivity contribution >= 4 is 15.9 Å². The van der Waals surface area contributed by atoms with Crippen molar-refractivity contribution in [3.05, 3.63) is 34.9 Å². The summed E-state index contributed by atoms with van der Waals surface area (Å²) in [5, 5.41) is 0. The second-order valence-electron chi connectivity index (χ2n) is 5.58. The number of carbonyl (C=O) groups excluding carboxylic acids is 1. The van der Waals surface area contributed by atoms with Crippen LogP contribution in [0.1, 0.15) is 34.3 Å². The maximum Gasteiger partial charge on any atom is 0.254 e. The lowest BCUT2D eigenvalue weighted by molar-refractivity contribution is 0.0749. The van der Waals surface area contributed by atoms with Gasteiger partial charge in [0.25, 0.3) is 5.91 Å². The van der Waals surface area contributed by atoms with Gasteiger partial charge in [0, 0.05) is 18.2 Å². The SMILES string of the molecule is CNS(=O)(=O)CC1CCCN1C(=O)c1ccc(C)c(C)c1. The second kappa shape index (κ2) is 6.15. The number of nitrogens with one attached hydrogen (secondary N) is 1. The van der Waals surface area contributed by atoms with Crippen LogP contribution in [-0.2, 0) is 10.0 Å². The van der Waals surface area contributed by atoms with E-state index in [4.69, 9.17) is 0 Å². The number of carbonyl (C=O) groups is 1. The number of sulfonamides is 1. The van der Waals surface area contributed by atoms with Gasteiger partial charge in [-0.2, -0.15) is 0 Å².